The van der Waals surface area contributed by atoms with Crippen molar-refractivity contribution in [3.63, 3.8) is 0 Å². The van der Waals surface area contributed by atoms with E-state index in [2.05, 4.69) is 35.0 Å². The maximum Gasteiger partial charge on any atom is 0.217 e. The molecular formula is C23H28Cl2N8. The van der Waals surface area contributed by atoms with Crippen molar-refractivity contribution in [3.8, 4) is 6.19 Å². The number of aryl methyl sites for hydroxylation is 2. The summed E-state index contributed by atoms with van der Waals surface area (Å²) in [6, 6.07) is 5.51. The highest BCUT2D eigenvalue weighted by atomic mass is 35.5. The second kappa shape index (κ2) is 9.94. The summed E-state index contributed by atoms with van der Waals surface area (Å²) in [5.74, 6) is 0.765. The summed E-state index contributed by atoms with van der Waals surface area (Å²) in [5.41, 5.74) is 4.55. The van der Waals surface area contributed by atoms with E-state index in [4.69, 9.17) is 28.2 Å². The van der Waals surface area contributed by atoms with E-state index in [1.165, 1.54) is 5.56 Å². The molecule has 3 heterocycles. The third kappa shape index (κ3) is 5.21. The second-order valence-electron chi connectivity index (χ2n) is 8.53. The number of aromatic nitrogens is 4. The van der Waals surface area contributed by atoms with Crippen LogP contribution in [-0.4, -0.2) is 43.7 Å². The topological polar surface area (TPSA) is 86.2 Å². The Morgan fingerprint density at radius 1 is 1.15 bits per heavy atom. The number of guanidine groups is 1. The predicted octanol–water partition coefficient (Wildman–Crippen LogP) is 5.29. The zero-order valence-electron chi connectivity index (χ0n) is 19.9. The molecule has 3 aromatic heterocycles. The zero-order chi connectivity index (χ0) is 24.4. The number of hydrogen-bond donors (Lipinski definition) is 0. The van der Waals surface area contributed by atoms with Crippen LogP contribution in [0, 0.1) is 18.4 Å². The first-order valence-corrected chi connectivity index (χ1v) is 11.4. The largest absolute Gasteiger partial charge is 0.333 e. The minimum Gasteiger partial charge on any atom is -0.333 e. The first-order valence-electron chi connectivity index (χ1n) is 10.7. The van der Waals surface area contributed by atoms with Crippen LogP contribution in [0.4, 0.5) is 5.69 Å². The average Bonchev–Trinajstić information content (AvgIpc) is 3.02. The van der Waals surface area contributed by atoms with Crippen LogP contribution in [-0.2, 0) is 13.6 Å². The summed E-state index contributed by atoms with van der Waals surface area (Å²) in [6.07, 6.45) is 1.93. The molecule has 0 aliphatic rings. The van der Waals surface area contributed by atoms with Crippen LogP contribution < -0.4 is 4.90 Å². The molecular weight excluding hydrogens is 459 g/mol. The Morgan fingerprint density at radius 2 is 1.79 bits per heavy atom. The van der Waals surface area contributed by atoms with Crippen molar-refractivity contribution in [2.45, 2.75) is 53.1 Å². The van der Waals surface area contributed by atoms with Gasteiger partial charge in [0, 0.05) is 31.2 Å². The van der Waals surface area contributed by atoms with Crippen LogP contribution in [0.25, 0.3) is 11.0 Å². The fraction of sp³-hybridized carbons (Fsp3) is 0.435. The molecule has 3 rings (SSSR count). The Labute approximate surface area is 204 Å². The van der Waals surface area contributed by atoms with E-state index in [9.17, 15) is 5.26 Å². The molecule has 0 aliphatic carbocycles. The van der Waals surface area contributed by atoms with Gasteiger partial charge in [0.05, 0.1) is 17.9 Å². The summed E-state index contributed by atoms with van der Waals surface area (Å²) >= 11 is 12.2. The second-order valence-corrected chi connectivity index (χ2v) is 9.30. The predicted molar refractivity (Wildman–Crippen MR) is 134 cm³/mol. The van der Waals surface area contributed by atoms with E-state index in [0.717, 1.165) is 22.4 Å². The van der Waals surface area contributed by atoms with Crippen molar-refractivity contribution >= 4 is 45.9 Å². The standard InChI is InChI=1S/C23H28Cl2N8/c1-13(2)18-8-16(28-22-21(18)15(5)30-32(22)7)11-33(14(3)4)23(27-12-26)31(6)17-9-19(24)29-20(25)10-17/h8-10,13-14H,11H2,1-7H3. The van der Waals surface area contributed by atoms with Gasteiger partial charge in [0.2, 0.25) is 12.2 Å². The van der Waals surface area contributed by atoms with Crippen molar-refractivity contribution in [3.05, 3.63) is 45.5 Å². The summed E-state index contributed by atoms with van der Waals surface area (Å²) in [4.78, 5) is 16.9. The van der Waals surface area contributed by atoms with Gasteiger partial charge in [0.25, 0.3) is 0 Å². The van der Waals surface area contributed by atoms with Gasteiger partial charge in [0.15, 0.2) is 5.65 Å². The van der Waals surface area contributed by atoms with Crippen LogP contribution in [0.2, 0.25) is 10.3 Å². The third-order valence-corrected chi connectivity index (χ3v) is 5.86. The van der Waals surface area contributed by atoms with Gasteiger partial charge in [-0.05, 0) is 50.5 Å². The van der Waals surface area contributed by atoms with E-state index >= 15 is 0 Å². The lowest BCUT2D eigenvalue weighted by molar-refractivity contribution is 0.334. The molecule has 0 unspecified atom stereocenters. The van der Waals surface area contributed by atoms with Gasteiger partial charge in [-0.15, -0.1) is 4.99 Å². The lowest BCUT2D eigenvalue weighted by Crippen LogP contribution is -2.46. The van der Waals surface area contributed by atoms with E-state index in [0.29, 0.717) is 24.1 Å². The number of nitriles is 1. The molecule has 0 fully saturated rings. The highest BCUT2D eigenvalue weighted by molar-refractivity contribution is 6.33. The number of hydrogen-bond acceptors (Lipinski definition) is 5. The molecule has 0 saturated carbocycles. The maximum absolute atomic E-state index is 9.45. The number of anilines is 1. The van der Waals surface area contributed by atoms with Crippen molar-refractivity contribution in [1.29, 1.82) is 5.26 Å². The van der Waals surface area contributed by atoms with Gasteiger partial charge in [-0.1, -0.05) is 37.0 Å². The molecule has 10 heteroatoms. The molecule has 0 aliphatic heterocycles. The molecule has 0 N–H and O–H groups in total. The summed E-state index contributed by atoms with van der Waals surface area (Å²) in [7, 11) is 3.72. The minimum atomic E-state index is 0.0283. The Balaban J connectivity index is 2.08. The Kier molecular flexibility index (Phi) is 7.45. The summed E-state index contributed by atoms with van der Waals surface area (Å²) in [5, 5.41) is 15.6. The number of halogens is 2. The monoisotopic (exact) mass is 486 g/mol. The molecule has 0 amide bonds. The number of aliphatic imine (C=N–C) groups is 1. The highest BCUT2D eigenvalue weighted by Crippen LogP contribution is 2.29. The molecule has 0 atom stereocenters. The SMILES string of the molecule is Cc1nn(C)c2nc(CN(C(=NC#N)N(C)c3cc(Cl)nc(Cl)c3)C(C)C)cc(C(C)C)c12. The van der Waals surface area contributed by atoms with Gasteiger partial charge >= 0.3 is 0 Å². The average molecular weight is 487 g/mol. The van der Waals surface area contributed by atoms with Crippen molar-refractivity contribution in [2.75, 3.05) is 11.9 Å². The maximum atomic E-state index is 9.45. The molecule has 174 valence electrons. The van der Waals surface area contributed by atoms with Crippen molar-refractivity contribution < 1.29 is 0 Å². The van der Waals surface area contributed by atoms with Gasteiger partial charge < -0.3 is 9.80 Å². The number of nitrogens with zero attached hydrogens (tertiary/aromatic N) is 8. The van der Waals surface area contributed by atoms with Crippen LogP contribution in [0.15, 0.2) is 23.2 Å². The molecule has 0 bridgehead atoms. The lowest BCUT2D eigenvalue weighted by Gasteiger charge is -2.34. The Hall–Kier alpha value is -2.89. The highest BCUT2D eigenvalue weighted by Gasteiger charge is 2.24. The molecule has 0 saturated heterocycles. The molecule has 0 radical (unpaired) electrons. The van der Waals surface area contributed by atoms with E-state index < -0.39 is 0 Å². The van der Waals surface area contributed by atoms with Gasteiger partial charge in [-0.3, -0.25) is 4.68 Å². The van der Waals surface area contributed by atoms with E-state index in [1.807, 2.05) is 50.6 Å². The number of pyridine rings is 2. The fourth-order valence-electron chi connectivity index (χ4n) is 3.87. The first-order chi connectivity index (χ1) is 15.5. The molecule has 8 nitrogen and oxygen atoms in total. The Bertz CT molecular complexity index is 1220. The molecule has 3 aromatic rings. The van der Waals surface area contributed by atoms with Crippen LogP contribution in [0.1, 0.15) is 50.6 Å². The summed E-state index contributed by atoms with van der Waals surface area (Å²) in [6.45, 7) is 10.9. The quantitative estimate of drug-likeness (QED) is 0.211. The molecule has 33 heavy (non-hydrogen) atoms. The number of rotatable bonds is 5. The normalized spacial score (nSPS) is 12.0. The van der Waals surface area contributed by atoms with Crippen LogP contribution >= 0.6 is 23.2 Å². The van der Waals surface area contributed by atoms with Gasteiger partial charge in [-0.2, -0.15) is 10.4 Å². The van der Waals surface area contributed by atoms with Crippen LogP contribution in [0.3, 0.4) is 0 Å². The van der Waals surface area contributed by atoms with Crippen molar-refractivity contribution in [2.24, 2.45) is 12.0 Å². The lowest BCUT2D eigenvalue weighted by atomic mass is 9.98. The smallest absolute Gasteiger partial charge is 0.217 e. The van der Waals surface area contributed by atoms with Crippen molar-refractivity contribution in [1.82, 2.24) is 24.6 Å². The number of fused-ring (bicyclic) bond motifs is 1. The first kappa shape index (κ1) is 24.7. The van der Waals surface area contributed by atoms with Gasteiger partial charge in [0.1, 0.15) is 10.3 Å². The minimum absolute atomic E-state index is 0.0283. The van der Waals surface area contributed by atoms with E-state index in [1.54, 1.807) is 17.0 Å². The Morgan fingerprint density at radius 3 is 2.33 bits per heavy atom. The summed E-state index contributed by atoms with van der Waals surface area (Å²) < 4.78 is 1.82. The van der Waals surface area contributed by atoms with Crippen LogP contribution in [0.5, 0.6) is 0 Å². The zero-order valence-corrected chi connectivity index (χ0v) is 21.4. The third-order valence-electron chi connectivity index (χ3n) is 5.47. The van der Waals surface area contributed by atoms with Gasteiger partial charge in [-0.25, -0.2) is 9.97 Å². The molecule has 0 spiro atoms. The fourth-order valence-corrected chi connectivity index (χ4v) is 4.31. The van der Waals surface area contributed by atoms with E-state index in [-0.39, 0.29) is 16.3 Å². The molecule has 0 aromatic carbocycles.